The fraction of sp³-hybridized carbons (Fsp3) is 0.0370. The third-order valence-electron chi connectivity index (χ3n) is 12.1. The summed E-state index contributed by atoms with van der Waals surface area (Å²) in [6, 6.07) is 77.7. The number of nitrogens with zero attached hydrogens (tertiary/aromatic N) is 2. The van der Waals surface area contributed by atoms with Gasteiger partial charge < -0.3 is 9.47 Å². The van der Waals surface area contributed by atoms with Crippen molar-refractivity contribution in [1.29, 1.82) is 0 Å². The van der Waals surface area contributed by atoms with Gasteiger partial charge in [0.15, 0.2) is 0 Å². The molecule has 0 radical (unpaired) electrons. The van der Waals surface area contributed by atoms with Crippen LogP contribution >= 0.6 is 0 Å². The average Bonchev–Trinajstić information content (AvgIpc) is 3.74. The topological polar surface area (TPSA) is 8.17 Å². The van der Waals surface area contributed by atoms with Crippen molar-refractivity contribution in [2.24, 2.45) is 0 Å². The van der Waals surface area contributed by atoms with Crippen molar-refractivity contribution < 1.29 is 0 Å². The molecule has 1 aliphatic rings. The molecule has 11 rings (SSSR count). The summed E-state index contributed by atoms with van der Waals surface area (Å²) in [6.07, 6.45) is 0. The summed E-state index contributed by atoms with van der Waals surface area (Å²) in [5, 5.41) is 4.98. The van der Waals surface area contributed by atoms with Crippen molar-refractivity contribution in [3.63, 3.8) is 0 Å². The predicted octanol–water partition coefficient (Wildman–Crippen LogP) is 14.4. The van der Waals surface area contributed by atoms with E-state index in [2.05, 4.69) is 229 Å². The second-order valence-electron chi connectivity index (χ2n) is 15.1. The molecule has 0 saturated heterocycles. The number of benzene rings is 9. The number of hydrogen-bond acceptors (Lipinski definition) is 1. The van der Waals surface area contributed by atoms with E-state index in [0.717, 1.165) is 22.7 Å². The smallest absolute Gasteiger partial charge is 0.0542 e. The third-order valence-corrected chi connectivity index (χ3v) is 12.1. The summed E-state index contributed by atoms with van der Waals surface area (Å²) in [5.74, 6) is 0. The predicted molar refractivity (Wildman–Crippen MR) is 236 cm³/mol. The van der Waals surface area contributed by atoms with Crippen molar-refractivity contribution in [3.05, 3.63) is 229 Å². The maximum absolute atomic E-state index is 2.46. The maximum Gasteiger partial charge on any atom is 0.0542 e. The molecule has 0 N–H and O–H groups in total. The standard InChI is InChI=1S/C54H38N2/c1-54(50-25-12-10-22-46(50)47-23-11-13-26-51(47)54)39-29-33-52-48(35-39)49-36-43(32-34-53(49)56(52)41-19-6-3-7-20-41)55(40-17-4-2-5-18-40)42-30-27-38(28-31-42)45-24-14-16-37-15-8-9-21-44(37)45/h2-36H,1H3. The van der Waals surface area contributed by atoms with Crippen LogP contribution in [0, 0.1) is 0 Å². The lowest BCUT2D eigenvalue weighted by molar-refractivity contribution is 0.715. The number of para-hydroxylation sites is 2. The van der Waals surface area contributed by atoms with Gasteiger partial charge in [0.2, 0.25) is 0 Å². The normalized spacial score (nSPS) is 12.9. The highest BCUT2D eigenvalue weighted by atomic mass is 15.1. The highest BCUT2D eigenvalue weighted by Crippen LogP contribution is 2.53. The summed E-state index contributed by atoms with van der Waals surface area (Å²) in [4.78, 5) is 2.38. The number of fused-ring (bicyclic) bond motifs is 7. The van der Waals surface area contributed by atoms with Crippen LogP contribution in [0.2, 0.25) is 0 Å². The van der Waals surface area contributed by atoms with Gasteiger partial charge >= 0.3 is 0 Å². The Balaban J connectivity index is 1.11. The van der Waals surface area contributed by atoms with Crippen LogP contribution in [0.4, 0.5) is 17.1 Å². The molecule has 0 aliphatic heterocycles. The zero-order chi connectivity index (χ0) is 37.2. The molecular weight excluding hydrogens is 677 g/mol. The van der Waals surface area contributed by atoms with Crippen molar-refractivity contribution >= 4 is 49.6 Å². The van der Waals surface area contributed by atoms with Gasteiger partial charge in [-0.2, -0.15) is 0 Å². The zero-order valence-electron chi connectivity index (χ0n) is 31.1. The van der Waals surface area contributed by atoms with Crippen molar-refractivity contribution in [3.8, 4) is 27.9 Å². The lowest BCUT2D eigenvalue weighted by Gasteiger charge is -2.28. The van der Waals surface area contributed by atoms with Crippen LogP contribution in [0.5, 0.6) is 0 Å². The molecule has 1 aromatic heterocycles. The van der Waals surface area contributed by atoms with Gasteiger partial charge in [0.1, 0.15) is 0 Å². The molecule has 0 atom stereocenters. The molecular formula is C54H38N2. The molecule has 0 fully saturated rings. The summed E-state index contributed by atoms with van der Waals surface area (Å²) in [7, 11) is 0. The monoisotopic (exact) mass is 714 g/mol. The first-order chi connectivity index (χ1) is 27.7. The molecule has 56 heavy (non-hydrogen) atoms. The number of hydrogen-bond donors (Lipinski definition) is 0. The Bertz CT molecular complexity index is 3030. The SMILES string of the molecule is CC1(c2ccc3c(c2)c2cc(N(c4ccccc4)c4ccc(-c5cccc6ccccc56)cc4)ccc2n3-c2ccccc2)c2ccccc2-c2ccccc21. The Morgan fingerprint density at radius 2 is 0.929 bits per heavy atom. The first-order valence-electron chi connectivity index (χ1n) is 19.4. The van der Waals surface area contributed by atoms with Crippen molar-refractivity contribution in [1.82, 2.24) is 4.57 Å². The maximum atomic E-state index is 2.46. The summed E-state index contributed by atoms with van der Waals surface area (Å²) >= 11 is 0. The first kappa shape index (κ1) is 32.3. The highest BCUT2D eigenvalue weighted by molar-refractivity contribution is 6.11. The van der Waals surface area contributed by atoms with E-state index >= 15 is 0 Å². The van der Waals surface area contributed by atoms with Crippen LogP contribution in [-0.4, -0.2) is 4.57 Å². The minimum absolute atomic E-state index is 0.290. The minimum atomic E-state index is -0.290. The first-order valence-corrected chi connectivity index (χ1v) is 19.4. The molecule has 0 saturated carbocycles. The van der Waals surface area contributed by atoms with E-state index in [9.17, 15) is 0 Å². The highest BCUT2D eigenvalue weighted by Gasteiger charge is 2.40. The van der Waals surface area contributed by atoms with Gasteiger partial charge in [0, 0.05) is 38.9 Å². The van der Waals surface area contributed by atoms with E-state index in [-0.39, 0.29) is 5.41 Å². The van der Waals surface area contributed by atoms with Gasteiger partial charge in [-0.3, -0.25) is 0 Å². The Morgan fingerprint density at radius 1 is 0.393 bits per heavy atom. The van der Waals surface area contributed by atoms with E-state index < -0.39 is 0 Å². The molecule has 0 unspecified atom stereocenters. The number of aromatic nitrogens is 1. The van der Waals surface area contributed by atoms with Gasteiger partial charge in [-0.15, -0.1) is 0 Å². The number of rotatable bonds is 6. The van der Waals surface area contributed by atoms with Crippen LogP contribution in [0.25, 0.3) is 60.5 Å². The Kier molecular flexibility index (Phi) is 7.33. The molecule has 1 aliphatic carbocycles. The van der Waals surface area contributed by atoms with Crippen LogP contribution in [0.15, 0.2) is 212 Å². The van der Waals surface area contributed by atoms with Gasteiger partial charge in [0.25, 0.3) is 0 Å². The van der Waals surface area contributed by atoms with E-state index in [1.54, 1.807) is 0 Å². The molecule has 0 amide bonds. The molecule has 9 aromatic carbocycles. The Labute approximate surface area is 327 Å². The van der Waals surface area contributed by atoms with Gasteiger partial charge in [-0.1, -0.05) is 146 Å². The molecule has 10 aromatic rings. The van der Waals surface area contributed by atoms with Crippen LogP contribution in [0.3, 0.4) is 0 Å². The summed E-state index contributed by atoms with van der Waals surface area (Å²) in [6.45, 7) is 2.40. The molecule has 0 bridgehead atoms. The minimum Gasteiger partial charge on any atom is -0.310 e. The van der Waals surface area contributed by atoms with Gasteiger partial charge in [-0.25, -0.2) is 0 Å². The van der Waals surface area contributed by atoms with Crippen LogP contribution in [-0.2, 0) is 5.41 Å². The van der Waals surface area contributed by atoms with E-state index in [1.807, 2.05) is 0 Å². The average molecular weight is 715 g/mol. The largest absolute Gasteiger partial charge is 0.310 e. The molecule has 2 nitrogen and oxygen atoms in total. The lowest BCUT2D eigenvalue weighted by Crippen LogP contribution is -2.22. The molecule has 1 heterocycles. The fourth-order valence-corrected chi connectivity index (χ4v) is 9.37. The zero-order valence-corrected chi connectivity index (χ0v) is 31.1. The second-order valence-corrected chi connectivity index (χ2v) is 15.1. The van der Waals surface area contributed by atoms with E-state index in [4.69, 9.17) is 0 Å². The summed E-state index contributed by atoms with van der Waals surface area (Å²) < 4.78 is 2.42. The number of anilines is 3. The van der Waals surface area contributed by atoms with Crippen molar-refractivity contribution in [2.75, 3.05) is 4.90 Å². The van der Waals surface area contributed by atoms with Crippen LogP contribution < -0.4 is 4.90 Å². The van der Waals surface area contributed by atoms with Crippen LogP contribution in [0.1, 0.15) is 23.6 Å². The molecule has 264 valence electrons. The van der Waals surface area contributed by atoms with Gasteiger partial charge in [0.05, 0.1) is 11.0 Å². The molecule has 0 spiro atoms. The van der Waals surface area contributed by atoms with Crippen molar-refractivity contribution in [2.45, 2.75) is 12.3 Å². The third kappa shape index (κ3) is 4.89. The lowest BCUT2D eigenvalue weighted by atomic mass is 9.74. The van der Waals surface area contributed by atoms with Gasteiger partial charge in [-0.05, 0) is 123 Å². The quantitative estimate of drug-likeness (QED) is 0.166. The van der Waals surface area contributed by atoms with E-state index in [1.165, 1.54) is 71.5 Å². The molecule has 2 heteroatoms. The Hall–Kier alpha value is -7.16. The summed E-state index contributed by atoms with van der Waals surface area (Å²) in [5.41, 5.74) is 15.7. The second kappa shape index (κ2) is 12.7. The van der Waals surface area contributed by atoms with E-state index in [0.29, 0.717) is 0 Å². The Morgan fingerprint density at radius 3 is 1.66 bits per heavy atom. The fourth-order valence-electron chi connectivity index (χ4n) is 9.37.